The van der Waals surface area contributed by atoms with E-state index in [4.69, 9.17) is 9.84 Å². The highest BCUT2D eigenvalue weighted by atomic mass is 16.5. The van der Waals surface area contributed by atoms with E-state index in [0.717, 1.165) is 5.56 Å². The minimum absolute atomic E-state index is 0.0991. The van der Waals surface area contributed by atoms with Gasteiger partial charge in [-0.2, -0.15) is 0 Å². The van der Waals surface area contributed by atoms with Crippen LogP contribution in [0.5, 0.6) is 11.5 Å². The highest BCUT2D eigenvalue weighted by Gasteiger charge is 2.20. The normalized spacial score (nSPS) is 12.2. The topological polar surface area (TPSA) is 66.8 Å². The molecule has 0 saturated heterocycles. The second-order valence-corrected chi connectivity index (χ2v) is 3.46. The minimum atomic E-state index is -0.974. The van der Waals surface area contributed by atoms with E-state index in [2.05, 4.69) is 0 Å². The van der Waals surface area contributed by atoms with Crippen molar-refractivity contribution in [2.75, 3.05) is 7.11 Å². The molecular formula is C11H14O4. The minimum Gasteiger partial charge on any atom is -0.504 e. The van der Waals surface area contributed by atoms with E-state index in [0.29, 0.717) is 11.3 Å². The molecule has 0 aliphatic rings. The fraction of sp³-hybridized carbons (Fsp3) is 0.364. The van der Waals surface area contributed by atoms with Crippen LogP contribution in [0.2, 0.25) is 0 Å². The Hall–Kier alpha value is -1.71. The van der Waals surface area contributed by atoms with Crippen LogP contribution in [0.3, 0.4) is 0 Å². The lowest BCUT2D eigenvalue weighted by atomic mass is 9.98. The number of methoxy groups -OCH3 is 1. The number of aromatic hydroxyl groups is 1. The van der Waals surface area contributed by atoms with Crippen LogP contribution >= 0.6 is 0 Å². The number of carboxylic acids is 1. The van der Waals surface area contributed by atoms with E-state index in [1.165, 1.54) is 14.0 Å². The van der Waals surface area contributed by atoms with E-state index in [9.17, 15) is 9.90 Å². The predicted octanol–water partition coefficient (Wildman–Crippen LogP) is 1.90. The summed E-state index contributed by atoms with van der Waals surface area (Å²) in [6, 6.07) is 3.31. The van der Waals surface area contributed by atoms with Gasteiger partial charge in [-0.25, -0.2) is 0 Å². The van der Waals surface area contributed by atoms with Crippen molar-refractivity contribution in [2.45, 2.75) is 19.8 Å². The smallest absolute Gasteiger partial charge is 0.310 e. The van der Waals surface area contributed by atoms with Gasteiger partial charge in [0.25, 0.3) is 0 Å². The van der Waals surface area contributed by atoms with Crippen LogP contribution in [0.15, 0.2) is 12.1 Å². The number of phenols is 1. The molecule has 1 aromatic carbocycles. The molecule has 0 amide bonds. The lowest BCUT2D eigenvalue weighted by Crippen LogP contribution is -2.08. The van der Waals surface area contributed by atoms with Crippen LogP contribution in [0.4, 0.5) is 0 Å². The summed E-state index contributed by atoms with van der Waals surface area (Å²) in [7, 11) is 1.43. The van der Waals surface area contributed by atoms with Gasteiger partial charge in [-0.05, 0) is 25.5 Å². The maximum Gasteiger partial charge on any atom is 0.310 e. The van der Waals surface area contributed by atoms with Crippen LogP contribution in [0.1, 0.15) is 24.0 Å². The Morgan fingerprint density at radius 1 is 1.47 bits per heavy atom. The number of rotatable bonds is 3. The molecule has 1 aromatic rings. The van der Waals surface area contributed by atoms with E-state index in [1.807, 2.05) is 6.92 Å². The number of carbonyl (C=O) groups is 1. The lowest BCUT2D eigenvalue weighted by Gasteiger charge is -2.13. The maximum absolute atomic E-state index is 10.8. The fourth-order valence-electron chi connectivity index (χ4n) is 1.39. The molecule has 0 radical (unpaired) electrons. The third-order valence-corrected chi connectivity index (χ3v) is 2.31. The van der Waals surface area contributed by atoms with Gasteiger partial charge in [-0.3, -0.25) is 4.79 Å². The second-order valence-electron chi connectivity index (χ2n) is 3.46. The summed E-state index contributed by atoms with van der Waals surface area (Å²) in [4.78, 5) is 10.8. The number of hydrogen-bond donors (Lipinski definition) is 2. The van der Waals surface area contributed by atoms with Gasteiger partial charge in [0.2, 0.25) is 0 Å². The molecule has 1 atom stereocenters. The number of carboxylic acid groups (broad SMARTS) is 1. The van der Waals surface area contributed by atoms with Crippen LogP contribution < -0.4 is 4.74 Å². The van der Waals surface area contributed by atoms with Gasteiger partial charge in [0.1, 0.15) is 0 Å². The van der Waals surface area contributed by atoms with Crippen molar-refractivity contribution >= 4 is 5.97 Å². The van der Waals surface area contributed by atoms with Gasteiger partial charge in [0.05, 0.1) is 13.0 Å². The number of hydrogen-bond acceptors (Lipinski definition) is 3. The Bertz CT molecular complexity index is 384. The Balaban J connectivity index is 3.28. The molecule has 0 heterocycles. The molecule has 0 spiro atoms. The van der Waals surface area contributed by atoms with Gasteiger partial charge in [0, 0.05) is 5.56 Å². The first-order chi connectivity index (χ1) is 6.97. The second kappa shape index (κ2) is 4.21. The summed E-state index contributed by atoms with van der Waals surface area (Å²) < 4.78 is 4.95. The number of benzene rings is 1. The van der Waals surface area contributed by atoms with E-state index in [1.54, 1.807) is 12.1 Å². The number of phenolic OH excluding ortho intramolecular Hbond substituents is 1. The molecule has 0 fully saturated rings. The van der Waals surface area contributed by atoms with Gasteiger partial charge in [-0.1, -0.05) is 6.07 Å². The highest BCUT2D eigenvalue weighted by molar-refractivity contribution is 5.77. The van der Waals surface area contributed by atoms with Crippen molar-refractivity contribution in [1.29, 1.82) is 0 Å². The van der Waals surface area contributed by atoms with Crippen molar-refractivity contribution in [2.24, 2.45) is 0 Å². The first-order valence-electron chi connectivity index (χ1n) is 4.57. The molecule has 1 unspecified atom stereocenters. The van der Waals surface area contributed by atoms with Gasteiger partial charge in [0.15, 0.2) is 11.5 Å². The maximum atomic E-state index is 10.8. The molecule has 0 aliphatic heterocycles. The first kappa shape index (κ1) is 11.4. The summed E-state index contributed by atoms with van der Waals surface area (Å²) in [5.74, 6) is -1.52. The predicted molar refractivity (Wildman–Crippen MR) is 55.4 cm³/mol. The molecule has 0 saturated carbocycles. The fourth-order valence-corrected chi connectivity index (χ4v) is 1.39. The van der Waals surface area contributed by atoms with Gasteiger partial charge < -0.3 is 14.9 Å². The average molecular weight is 210 g/mol. The zero-order chi connectivity index (χ0) is 11.6. The third kappa shape index (κ3) is 2.21. The van der Waals surface area contributed by atoms with Crippen molar-refractivity contribution in [3.63, 3.8) is 0 Å². The van der Waals surface area contributed by atoms with Crippen LogP contribution in [0, 0.1) is 6.92 Å². The van der Waals surface area contributed by atoms with Crippen molar-refractivity contribution in [3.8, 4) is 11.5 Å². The van der Waals surface area contributed by atoms with Crippen molar-refractivity contribution in [1.82, 2.24) is 0 Å². The molecule has 0 bridgehead atoms. The highest BCUT2D eigenvalue weighted by Crippen LogP contribution is 2.35. The molecule has 4 nitrogen and oxygen atoms in total. The lowest BCUT2D eigenvalue weighted by molar-refractivity contribution is -0.138. The van der Waals surface area contributed by atoms with Crippen LogP contribution in [-0.4, -0.2) is 23.3 Å². The number of ether oxygens (including phenoxy) is 1. The molecular weight excluding hydrogens is 196 g/mol. The molecule has 4 heteroatoms. The summed E-state index contributed by atoms with van der Waals surface area (Å²) >= 11 is 0. The zero-order valence-electron chi connectivity index (χ0n) is 8.94. The average Bonchev–Trinajstić information content (AvgIpc) is 2.19. The Morgan fingerprint density at radius 3 is 2.53 bits per heavy atom. The molecule has 0 aliphatic carbocycles. The Labute approximate surface area is 88.1 Å². The standard InChI is InChI=1S/C11H14O4/c1-6-4-8(7(2)11(13)14)10(12)9(5-6)15-3/h4-5,7,12H,1-3H3,(H,13,14). The quantitative estimate of drug-likeness (QED) is 0.799. The molecule has 0 aromatic heterocycles. The van der Waals surface area contributed by atoms with E-state index < -0.39 is 11.9 Å². The monoisotopic (exact) mass is 210 g/mol. The number of aryl methyl sites for hydroxylation is 1. The largest absolute Gasteiger partial charge is 0.504 e. The molecule has 2 N–H and O–H groups in total. The van der Waals surface area contributed by atoms with Gasteiger partial charge >= 0.3 is 5.97 Å². The summed E-state index contributed by atoms with van der Waals surface area (Å²) in [6.45, 7) is 3.34. The molecule has 1 rings (SSSR count). The zero-order valence-corrected chi connectivity index (χ0v) is 8.94. The Kier molecular flexibility index (Phi) is 3.19. The van der Waals surface area contributed by atoms with Gasteiger partial charge in [-0.15, -0.1) is 0 Å². The SMILES string of the molecule is COc1cc(C)cc(C(C)C(=O)O)c1O. The first-order valence-corrected chi connectivity index (χ1v) is 4.57. The summed E-state index contributed by atoms with van der Waals surface area (Å²) in [6.07, 6.45) is 0. The molecule has 15 heavy (non-hydrogen) atoms. The summed E-state index contributed by atoms with van der Waals surface area (Å²) in [5, 5.41) is 18.6. The van der Waals surface area contributed by atoms with E-state index >= 15 is 0 Å². The van der Waals surface area contributed by atoms with Crippen LogP contribution in [-0.2, 0) is 4.79 Å². The Morgan fingerprint density at radius 2 is 2.07 bits per heavy atom. The van der Waals surface area contributed by atoms with E-state index in [-0.39, 0.29) is 5.75 Å². The summed E-state index contributed by atoms with van der Waals surface area (Å²) in [5.41, 5.74) is 1.23. The number of aliphatic carboxylic acids is 1. The van der Waals surface area contributed by atoms with Crippen molar-refractivity contribution < 1.29 is 19.7 Å². The third-order valence-electron chi connectivity index (χ3n) is 2.31. The van der Waals surface area contributed by atoms with Crippen LogP contribution in [0.25, 0.3) is 0 Å². The molecule has 82 valence electrons. The van der Waals surface area contributed by atoms with Crippen molar-refractivity contribution in [3.05, 3.63) is 23.3 Å².